The molecule has 1 amide bonds. The van der Waals surface area contributed by atoms with Crippen LogP contribution >= 0.6 is 0 Å². The topological polar surface area (TPSA) is 72.5 Å². The predicted molar refractivity (Wildman–Crippen MR) is 91.1 cm³/mol. The molecule has 0 aliphatic carbocycles. The maximum Gasteiger partial charge on any atom is 0.251 e. The standard InChI is InChI=1S/C18H19NO4S/c1-12-7-8-13(11-17(12)24(2,21)22)18(20)19-15-9-10-23-16-6-4-3-5-14(15)16/h3-8,11,15H,9-10H2,1-2H3,(H,19,20)/t15-/m1/s1. The summed E-state index contributed by atoms with van der Waals surface area (Å²) in [6.07, 6.45) is 1.82. The van der Waals surface area contributed by atoms with E-state index in [1.807, 2.05) is 24.3 Å². The van der Waals surface area contributed by atoms with Crippen LogP contribution in [0.3, 0.4) is 0 Å². The van der Waals surface area contributed by atoms with E-state index in [9.17, 15) is 13.2 Å². The summed E-state index contributed by atoms with van der Waals surface area (Å²) in [4.78, 5) is 12.7. The molecule has 1 heterocycles. The van der Waals surface area contributed by atoms with E-state index in [4.69, 9.17) is 4.74 Å². The molecule has 2 aromatic rings. The molecule has 1 aliphatic heterocycles. The van der Waals surface area contributed by atoms with E-state index >= 15 is 0 Å². The van der Waals surface area contributed by atoms with Crippen molar-refractivity contribution in [3.63, 3.8) is 0 Å². The summed E-state index contributed by atoms with van der Waals surface area (Å²) in [5.74, 6) is 0.483. The summed E-state index contributed by atoms with van der Waals surface area (Å²) >= 11 is 0. The zero-order valence-corrected chi connectivity index (χ0v) is 14.4. The zero-order chi connectivity index (χ0) is 17.3. The Bertz CT molecular complexity index is 890. The molecule has 2 aromatic carbocycles. The van der Waals surface area contributed by atoms with Crippen LogP contribution in [0.5, 0.6) is 5.75 Å². The van der Waals surface area contributed by atoms with Gasteiger partial charge in [0.05, 0.1) is 17.5 Å². The second-order valence-corrected chi connectivity index (χ2v) is 7.94. The van der Waals surface area contributed by atoms with Crippen LogP contribution in [-0.4, -0.2) is 27.2 Å². The van der Waals surface area contributed by atoms with Gasteiger partial charge in [-0.1, -0.05) is 24.3 Å². The zero-order valence-electron chi connectivity index (χ0n) is 13.6. The SMILES string of the molecule is Cc1ccc(C(=O)N[C@@H]2CCOc3ccccc32)cc1S(C)(=O)=O. The lowest BCUT2D eigenvalue weighted by atomic mass is 10.00. The molecule has 0 aromatic heterocycles. The highest BCUT2D eigenvalue weighted by Gasteiger charge is 2.23. The first-order valence-electron chi connectivity index (χ1n) is 7.69. The van der Waals surface area contributed by atoms with Crippen LogP contribution in [0, 0.1) is 6.92 Å². The number of carbonyl (C=O) groups is 1. The fourth-order valence-electron chi connectivity index (χ4n) is 2.87. The molecular formula is C18H19NO4S. The van der Waals surface area contributed by atoms with Crippen LogP contribution < -0.4 is 10.1 Å². The third-order valence-electron chi connectivity index (χ3n) is 4.11. The molecule has 0 saturated carbocycles. The number of amides is 1. The first-order chi connectivity index (χ1) is 11.4. The van der Waals surface area contributed by atoms with Crippen molar-refractivity contribution in [2.75, 3.05) is 12.9 Å². The fraction of sp³-hybridized carbons (Fsp3) is 0.278. The highest BCUT2D eigenvalue weighted by Crippen LogP contribution is 2.31. The number of rotatable bonds is 3. The van der Waals surface area contributed by atoms with E-state index in [2.05, 4.69) is 5.32 Å². The Hall–Kier alpha value is -2.34. The van der Waals surface area contributed by atoms with Gasteiger partial charge in [0.25, 0.3) is 5.91 Å². The van der Waals surface area contributed by atoms with Crippen LogP contribution in [0.2, 0.25) is 0 Å². The van der Waals surface area contributed by atoms with Crippen LogP contribution in [0.25, 0.3) is 0 Å². The molecule has 1 aliphatic rings. The normalized spacial score (nSPS) is 16.8. The Morgan fingerprint density at radius 1 is 1.21 bits per heavy atom. The Morgan fingerprint density at radius 3 is 2.71 bits per heavy atom. The molecule has 0 spiro atoms. The van der Waals surface area contributed by atoms with Crippen molar-refractivity contribution in [3.05, 3.63) is 59.2 Å². The maximum absolute atomic E-state index is 12.6. The lowest BCUT2D eigenvalue weighted by Crippen LogP contribution is -2.32. The lowest BCUT2D eigenvalue weighted by Gasteiger charge is -2.26. The molecule has 1 N–H and O–H groups in total. The van der Waals surface area contributed by atoms with Gasteiger partial charge in [-0.05, 0) is 30.7 Å². The Balaban J connectivity index is 1.87. The number of carbonyl (C=O) groups excluding carboxylic acids is 1. The van der Waals surface area contributed by atoms with Gasteiger partial charge in [-0.15, -0.1) is 0 Å². The van der Waals surface area contributed by atoms with Crippen LogP contribution in [0.1, 0.15) is 33.9 Å². The lowest BCUT2D eigenvalue weighted by molar-refractivity contribution is 0.0924. The molecule has 126 valence electrons. The highest BCUT2D eigenvalue weighted by molar-refractivity contribution is 7.90. The van der Waals surface area contributed by atoms with E-state index in [-0.39, 0.29) is 16.8 Å². The van der Waals surface area contributed by atoms with Gasteiger partial charge in [-0.25, -0.2) is 8.42 Å². The van der Waals surface area contributed by atoms with E-state index in [1.165, 1.54) is 6.07 Å². The minimum Gasteiger partial charge on any atom is -0.493 e. The van der Waals surface area contributed by atoms with Crippen LogP contribution in [0.4, 0.5) is 0 Å². The molecule has 5 nitrogen and oxygen atoms in total. The molecule has 0 bridgehead atoms. The Morgan fingerprint density at radius 2 is 1.96 bits per heavy atom. The van der Waals surface area contributed by atoms with Crippen molar-refractivity contribution in [2.24, 2.45) is 0 Å². The quantitative estimate of drug-likeness (QED) is 0.928. The number of hydrogen-bond acceptors (Lipinski definition) is 4. The minimum atomic E-state index is -3.37. The molecule has 1 atom stereocenters. The molecule has 24 heavy (non-hydrogen) atoms. The van der Waals surface area contributed by atoms with E-state index in [0.717, 1.165) is 17.6 Å². The van der Waals surface area contributed by atoms with Gasteiger partial charge in [0, 0.05) is 23.8 Å². The third-order valence-corrected chi connectivity index (χ3v) is 5.35. The van der Waals surface area contributed by atoms with Gasteiger partial charge >= 0.3 is 0 Å². The van der Waals surface area contributed by atoms with Gasteiger partial charge in [0.1, 0.15) is 5.75 Å². The summed E-state index contributed by atoms with van der Waals surface area (Å²) < 4.78 is 29.3. The van der Waals surface area contributed by atoms with Gasteiger partial charge < -0.3 is 10.1 Å². The average molecular weight is 345 g/mol. The van der Waals surface area contributed by atoms with Gasteiger partial charge in [-0.2, -0.15) is 0 Å². The van der Waals surface area contributed by atoms with Gasteiger partial charge in [-0.3, -0.25) is 4.79 Å². The summed E-state index contributed by atoms with van der Waals surface area (Å²) in [6.45, 7) is 2.25. The summed E-state index contributed by atoms with van der Waals surface area (Å²) in [5, 5.41) is 2.98. The molecule has 3 rings (SSSR count). The average Bonchev–Trinajstić information content (AvgIpc) is 2.54. The number of nitrogens with one attached hydrogen (secondary N) is 1. The van der Waals surface area contributed by atoms with Crippen molar-refractivity contribution in [1.29, 1.82) is 0 Å². The minimum absolute atomic E-state index is 0.148. The Kier molecular flexibility index (Phi) is 4.32. The number of fused-ring (bicyclic) bond motifs is 1. The summed E-state index contributed by atoms with van der Waals surface area (Å²) in [7, 11) is -3.37. The molecule has 0 radical (unpaired) electrons. The largest absolute Gasteiger partial charge is 0.493 e. The molecule has 0 fully saturated rings. The van der Waals surface area contributed by atoms with Crippen molar-refractivity contribution >= 4 is 15.7 Å². The number of benzene rings is 2. The van der Waals surface area contributed by atoms with E-state index < -0.39 is 9.84 Å². The number of para-hydroxylation sites is 1. The Labute approximate surface area is 141 Å². The summed E-state index contributed by atoms with van der Waals surface area (Å²) in [5.41, 5.74) is 1.91. The number of sulfone groups is 1. The predicted octanol–water partition coefficient (Wildman–Crippen LogP) is 2.65. The summed E-state index contributed by atoms with van der Waals surface area (Å²) in [6, 6.07) is 12.2. The van der Waals surface area contributed by atoms with Crippen molar-refractivity contribution in [2.45, 2.75) is 24.3 Å². The van der Waals surface area contributed by atoms with Gasteiger partial charge in [0.2, 0.25) is 0 Å². The molecular weight excluding hydrogens is 326 g/mol. The van der Waals surface area contributed by atoms with Gasteiger partial charge in [0.15, 0.2) is 9.84 Å². The number of aryl methyl sites for hydroxylation is 1. The van der Waals surface area contributed by atoms with E-state index in [1.54, 1.807) is 19.1 Å². The third kappa shape index (κ3) is 3.28. The molecule has 0 saturated heterocycles. The number of hydrogen-bond donors (Lipinski definition) is 1. The second kappa shape index (κ2) is 6.28. The van der Waals surface area contributed by atoms with Crippen LogP contribution in [-0.2, 0) is 9.84 Å². The highest BCUT2D eigenvalue weighted by atomic mass is 32.2. The molecule has 6 heteroatoms. The van der Waals surface area contributed by atoms with Crippen molar-refractivity contribution in [1.82, 2.24) is 5.32 Å². The molecule has 0 unspecified atom stereocenters. The smallest absolute Gasteiger partial charge is 0.251 e. The van der Waals surface area contributed by atoms with Crippen molar-refractivity contribution in [3.8, 4) is 5.75 Å². The first kappa shape index (κ1) is 16.5. The van der Waals surface area contributed by atoms with Crippen LogP contribution in [0.15, 0.2) is 47.4 Å². The van der Waals surface area contributed by atoms with E-state index in [0.29, 0.717) is 24.2 Å². The van der Waals surface area contributed by atoms with Crippen molar-refractivity contribution < 1.29 is 17.9 Å². The second-order valence-electron chi connectivity index (χ2n) is 5.95. The first-order valence-corrected chi connectivity index (χ1v) is 9.59. The fourth-order valence-corrected chi connectivity index (χ4v) is 3.87. The number of ether oxygens (including phenoxy) is 1. The maximum atomic E-state index is 12.6. The monoisotopic (exact) mass is 345 g/mol.